The zero-order chi connectivity index (χ0) is 17.7. The number of nitrogens with zero attached hydrogens (tertiary/aromatic N) is 1. The third-order valence-electron chi connectivity index (χ3n) is 3.03. The molecule has 0 aliphatic rings. The van der Waals surface area contributed by atoms with Crippen LogP contribution in [0, 0.1) is 11.3 Å². The molecule has 0 spiro atoms. The lowest BCUT2D eigenvalue weighted by molar-refractivity contribution is 0.0951. The van der Waals surface area contributed by atoms with Crippen LogP contribution in [0.4, 0.5) is 5.69 Å². The minimum Gasteiger partial charge on any atom is -0.348 e. The van der Waals surface area contributed by atoms with Crippen molar-refractivity contribution >= 4 is 33.2 Å². The number of halogens is 1. The Morgan fingerprint density at radius 1 is 1.25 bits per heavy atom. The number of rotatable bonds is 5. The van der Waals surface area contributed by atoms with E-state index in [4.69, 9.17) is 16.9 Å². The normalized spacial score (nSPS) is 10.7. The molecular formula is C16H14ClN3O3S. The van der Waals surface area contributed by atoms with E-state index in [1.54, 1.807) is 24.3 Å². The van der Waals surface area contributed by atoms with Crippen LogP contribution in [0.15, 0.2) is 42.5 Å². The van der Waals surface area contributed by atoms with Crippen LogP contribution in [-0.4, -0.2) is 20.6 Å². The van der Waals surface area contributed by atoms with Gasteiger partial charge < -0.3 is 5.32 Å². The Bertz CT molecular complexity index is 920. The molecule has 0 saturated carbocycles. The summed E-state index contributed by atoms with van der Waals surface area (Å²) >= 11 is 5.92. The average molecular weight is 364 g/mol. The first-order chi connectivity index (χ1) is 11.3. The quantitative estimate of drug-likeness (QED) is 0.852. The molecule has 0 saturated heterocycles. The Hall–Kier alpha value is -2.56. The highest BCUT2D eigenvalue weighted by Gasteiger charge is 2.11. The van der Waals surface area contributed by atoms with Crippen LogP contribution in [0.3, 0.4) is 0 Å². The predicted octanol–water partition coefficient (Wildman–Crippen LogP) is 2.51. The molecule has 0 atom stereocenters. The molecule has 0 fully saturated rings. The van der Waals surface area contributed by atoms with Gasteiger partial charge in [-0.15, -0.1) is 0 Å². The Labute approximate surface area is 145 Å². The highest BCUT2D eigenvalue weighted by Crippen LogP contribution is 2.24. The molecule has 2 rings (SSSR count). The lowest BCUT2D eigenvalue weighted by atomic mass is 10.1. The summed E-state index contributed by atoms with van der Waals surface area (Å²) in [6.45, 7) is 0.242. The third-order valence-corrected chi connectivity index (χ3v) is 3.95. The standard InChI is InChI=1S/C16H14ClN3O3S/c1-24(22,23)20-15-8-13(5-6-14(15)17)16(21)19-10-12-4-2-3-11(7-12)9-18/h2-8,20H,10H2,1H3,(H,19,21). The number of sulfonamides is 1. The first-order valence-electron chi connectivity index (χ1n) is 6.83. The van der Waals surface area contributed by atoms with E-state index in [0.29, 0.717) is 5.56 Å². The minimum absolute atomic E-state index is 0.137. The molecule has 2 aromatic carbocycles. The van der Waals surface area contributed by atoms with Crippen LogP contribution in [0.5, 0.6) is 0 Å². The van der Waals surface area contributed by atoms with Crippen molar-refractivity contribution in [3.05, 3.63) is 64.2 Å². The molecule has 0 radical (unpaired) electrons. The number of amides is 1. The molecular weight excluding hydrogens is 350 g/mol. The second-order valence-corrected chi connectivity index (χ2v) is 7.22. The Balaban J connectivity index is 2.12. The summed E-state index contributed by atoms with van der Waals surface area (Å²) in [5.41, 5.74) is 1.69. The van der Waals surface area contributed by atoms with Crippen LogP contribution >= 0.6 is 11.6 Å². The SMILES string of the molecule is CS(=O)(=O)Nc1cc(C(=O)NCc2cccc(C#N)c2)ccc1Cl. The smallest absolute Gasteiger partial charge is 0.251 e. The fraction of sp³-hybridized carbons (Fsp3) is 0.125. The van der Waals surface area contributed by atoms with Gasteiger partial charge in [-0.25, -0.2) is 8.42 Å². The molecule has 0 aliphatic carbocycles. The topological polar surface area (TPSA) is 99.1 Å². The van der Waals surface area contributed by atoms with Crippen LogP contribution in [0.1, 0.15) is 21.5 Å². The maximum Gasteiger partial charge on any atom is 0.251 e. The van der Waals surface area contributed by atoms with Gasteiger partial charge in [0.2, 0.25) is 10.0 Å². The highest BCUT2D eigenvalue weighted by molar-refractivity contribution is 7.92. The number of hydrogen-bond acceptors (Lipinski definition) is 4. The van der Waals surface area contributed by atoms with Crippen molar-refractivity contribution < 1.29 is 13.2 Å². The lowest BCUT2D eigenvalue weighted by Gasteiger charge is -2.10. The van der Waals surface area contributed by atoms with E-state index in [-0.39, 0.29) is 28.7 Å². The van der Waals surface area contributed by atoms with Gasteiger partial charge in [-0.3, -0.25) is 9.52 Å². The van der Waals surface area contributed by atoms with Crippen molar-refractivity contribution in [2.45, 2.75) is 6.54 Å². The first-order valence-corrected chi connectivity index (χ1v) is 9.10. The molecule has 6 nitrogen and oxygen atoms in total. The van der Waals surface area contributed by atoms with Crippen LogP contribution in [0.25, 0.3) is 0 Å². The molecule has 2 aromatic rings. The molecule has 0 aliphatic heterocycles. The first kappa shape index (κ1) is 17.8. The summed E-state index contributed by atoms with van der Waals surface area (Å²) in [6.07, 6.45) is 0.998. The molecule has 124 valence electrons. The highest BCUT2D eigenvalue weighted by atomic mass is 35.5. The van der Waals surface area contributed by atoms with Gasteiger partial charge in [-0.2, -0.15) is 5.26 Å². The van der Waals surface area contributed by atoms with Gasteiger partial charge in [0.1, 0.15) is 0 Å². The van der Waals surface area contributed by atoms with Gasteiger partial charge in [0.15, 0.2) is 0 Å². The molecule has 0 bridgehead atoms. The Morgan fingerprint density at radius 3 is 2.67 bits per heavy atom. The van der Waals surface area contributed by atoms with Crippen LogP contribution < -0.4 is 10.0 Å². The number of hydrogen-bond donors (Lipinski definition) is 2. The van der Waals surface area contributed by atoms with Crippen LogP contribution in [0.2, 0.25) is 5.02 Å². The summed E-state index contributed by atoms with van der Waals surface area (Å²) in [5, 5.41) is 11.8. The van der Waals surface area contributed by atoms with Gasteiger partial charge in [0.25, 0.3) is 5.91 Å². The van der Waals surface area contributed by atoms with E-state index in [2.05, 4.69) is 10.0 Å². The summed E-state index contributed by atoms with van der Waals surface area (Å²) in [7, 11) is -3.50. The van der Waals surface area contributed by atoms with Gasteiger partial charge in [-0.05, 0) is 35.9 Å². The average Bonchev–Trinajstić information content (AvgIpc) is 2.53. The summed E-state index contributed by atoms with van der Waals surface area (Å²) in [5.74, 6) is -0.384. The fourth-order valence-corrected chi connectivity index (χ4v) is 2.77. The second kappa shape index (κ2) is 7.34. The van der Waals surface area contributed by atoms with Crippen molar-refractivity contribution in [1.82, 2.24) is 5.32 Å². The van der Waals surface area contributed by atoms with E-state index in [1.165, 1.54) is 18.2 Å². The zero-order valence-corrected chi connectivity index (χ0v) is 14.3. The maximum atomic E-state index is 12.2. The van der Waals surface area contributed by atoms with E-state index >= 15 is 0 Å². The fourth-order valence-electron chi connectivity index (χ4n) is 1.98. The summed E-state index contributed by atoms with van der Waals surface area (Å²) in [6, 6.07) is 13.2. The van der Waals surface area contributed by atoms with Gasteiger partial charge in [-0.1, -0.05) is 23.7 Å². The van der Waals surface area contributed by atoms with Gasteiger partial charge in [0, 0.05) is 12.1 Å². The minimum atomic E-state index is -3.50. The molecule has 8 heteroatoms. The summed E-state index contributed by atoms with van der Waals surface area (Å²) < 4.78 is 24.9. The van der Waals surface area contributed by atoms with Crippen molar-refractivity contribution in [2.75, 3.05) is 11.0 Å². The number of carbonyl (C=O) groups excluding carboxylic acids is 1. The van der Waals surface area contributed by atoms with E-state index in [9.17, 15) is 13.2 Å². The molecule has 24 heavy (non-hydrogen) atoms. The number of nitriles is 1. The van der Waals surface area contributed by atoms with Crippen molar-refractivity contribution in [1.29, 1.82) is 5.26 Å². The molecule has 0 heterocycles. The second-order valence-electron chi connectivity index (χ2n) is 5.06. The third kappa shape index (κ3) is 4.98. The Morgan fingerprint density at radius 2 is 2.00 bits per heavy atom. The van der Waals surface area contributed by atoms with E-state index < -0.39 is 10.0 Å². The molecule has 0 aromatic heterocycles. The van der Waals surface area contributed by atoms with Crippen LogP contribution in [-0.2, 0) is 16.6 Å². The zero-order valence-electron chi connectivity index (χ0n) is 12.7. The maximum absolute atomic E-state index is 12.2. The number of nitrogens with one attached hydrogen (secondary N) is 2. The number of carbonyl (C=O) groups is 1. The van der Waals surface area contributed by atoms with Gasteiger partial charge >= 0.3 is 0 Å². The van der Waals surface area contributed by atoms with Crippen molar-refractivity contribution in [2.24, 2.45) is 0 Å². The molecule has 1 amide bonds. The largest absolute Gasteiger partial charge is 0.348 e. The van der Waals surface area contributed by atoms with Crippen molar-refractivity contribution in [3.63, 3.8) is 0 Å². The van der Waals surface area contributed by atoms with Gasteiger partial charge in [0.05, 0.1) is 28.6 Å². The van der Waals surface area contributed by atoms with E-state index in [0.717, 1.165) is 11.8 Å². The molecule has 0 unspecified atom stereocenters. The predicted molar refractivity (Wildman–Crippen MR) is 92.2 cm³/mol. The number of anilines is 1. The monoisotopic (exact) mass is 363 g/mol. The summed E-state index contributed by atoms with van der Waals surface area (Å²) in [4.78, 5) is 12.2. The number of benzene rings is 2. The van der Waals surface area contributed by atoms with E-state index in [1.807, 2.05) is 6.07 Å². The Kier molecular flexibility index (Phi) is 5.44. The molecule has 2 N–H and O–H groups in total. The lowest BCUT2D eigenvalue weighted by Crippen LogP contribution is -2.23. The van der Waals surface area contributed by atoms with Crippen molar-refractivity contribution in [3.8, 4) is 6.07 Å².